The van der Waals surface area contributed by atoms with Crippen molar-refractivity contribution in [3.8, 4) is 0 Å². The number of benzene rings is 1. The van der Waals surface area contributed by atoms with Crippen LogP contribution in [0.4, 0.5) is 5.69 Å². The first-order chi connectivity index (χ1) is 9.13. The molecule has 19 heavy (non-hydrogen) atoms. The molecule has 1 atom stereocenters. The molecule has 1 aromatic carbocycles. The molecule has 1 aliphatic carbocycles. The van der Waals surface area contributed by atoms with Crippen LogP contribution in [0.5, 0.6) is 0 Å². The average molecular weight is 276 g/mol. The van der Waals surface area contributed by atoms with Crippen molar-refractivity contribution < 1.29 is 4.79 Å². The van der Waals surface area contributed by atoms with Crippen molar-refractivity contribution in [2.75, 3.05) is 24.3 Å². The summed E-state index contributed by atoms with van der Waals surface area (Å²) in [6.45, 7) is 0. The van der Waals surface area contributed by atoms with Crippen molar-refractivity contribution in [3.05, 3.63) is 29.8 Å². The summed E-state index contributed by atoms with van der Waals surface area (Å²) in [5.74, 6) is 2.56. The highest BCUT2D eigenvalue weighted by Crippen LogP contribution is 2.50. The molecule has 1 amide bonds. The van der Waals surface area contributed by atoms with Crippen LogP contribution in [-0.4, -0.2) is 35.4 Å². The fraction of sp³-hybridized carbons (Fsp3) is 0.533. The Bertz CT molecular complexity index is 475. The van der Waals surface area contributed by atoms with Crippen LogP contribution < -0.4 is 5.73 Å². The Morgan fingerprint density at radius 2 is 2.05 bits per heavy atom. The monoisotopic (exact) mass is 276 g/mol. The second-order valence-electron chi connectivity index (χ2n) is 5.64. The number of likely N-dealkylation sites (N-methyl/N-ethyl adjacent to an activating group) is 1. The van der Waals surface area contributed by atoms with Gasteiger partial charge in [-0.05, 0) is 42.7 Å². The van der Waals surface area contributed by atoms with E-state index in [1.54, 1.807) is 0 Å². The normalized spacial score (nSPS) is 24.2. The third-order valence-electron chi connectivity index (χ3n) is 4.40. The second-order valence-corrected chi connectivity index (χ2v) is 6.79. The quantitative estimate of drug-likeness (QED) is 0.861. The van der Waals surface area contributed by atoms with E-state index in [0.29, 0.717) is 11.9 Å². The number of carbonyl (C=O) groups excluding carboxylic acids is 1. The van der Waals surface area contributed by atoms with E-state index in [1.807, 2.05) is 48.0 Å². The van der Waals surface area contributed by atoms with Crippen LogP contribution in [0.2, 0.25) is 0 Å². The molecule has 1 aliphatic heterocycles. The highest BCUT2D eigenvalue weighted by Gasteiger charge is 2.53. The van der Waals surface area contributed by atoms with Crippen molar-refractivity contribution in [1.29, 1.82) is 0 Å². The number of nitrogens with zero attached hydrogens (tertiary/aromatic N) is 1. The minimum Gasteiger partial charge on any atom is -0.399 e. The van der Waals surface area contributed by atoms with Gasteiger partial charge in [-0.2, -0.15) is 11.8 Å². The van der Waals surface area contributed by atoms with Crippen molar-refractivity contribution in [3.63, 3.8) is 0 Å². The molecule has 0 radical (unpaired) electrons. The largest absolute Gasteiger partial charge is 0.399 e. The molecule has 2 aliphatic rings. The van der Waals surface area contributed by atoms with Gasteiger partial charge in [0.05, 0.1) is 5.41 Å². The van der Waals surface area contributed by atoms with E-state index in [0.717, 1.165) is 36.3 Å². The van der Waals surface area contributed by atoms with E-state index in [9.17, 15) is 4.79 Å². The lowest BCUT2D eigenvalue weighted by Crippen LogP contribution is -2.43. The molecule has 1 heterocycles. The van der Waals surface area contributed by atoms with Gasteiger partial charge in [-0.1, -0.05) is 12.1 Å². The molecule has 3 nitrogen and oxygen atoms in total. The SMILES string of the molecule is CN(C(=O)C1(c2ccc(N)cc2)CC1)C1CCSC1. The maximum absolute atomic E-state index is 12.8. The molecule has 1 saturated carbocycles. The van der Waals surface area contributed by atoms with Crippen molar-refractivity contribution in [1.82, 2.24) is 4.90 Å². The lowest BCUT2D eigenvalue weighted by Gasteiger charge is -2.28. The first kappa shape index (κ1) is 12.9. The first-order valence-electron chi connectivity index (χ1n) is 6.84. The molecule has 3 rings (SSSR count). The van der Waals surface area contributed by atoms with Crippen molar-refractivity contribution in [2.24, 2.45) is 0 Å². The van der Waals surface area contributed by atoms with E-state index in [-0.39, 0.29) is 5.41 Å². The predicted octanol–water partition coefficient (Wildman–Crippen LogP) is 2.26. The summed E-state index contributed by atoms with van der Waals surface area (Å²) >= 11 is 1.95. The standard InChI is InChI=1S/C15H20N2OS/c1-17(13-6-9-19-10-13)14(18)15(7-8-15)11-2-4-12(16)5-3-11/h2-5,13H,6-10,16H2,1H3. The van der Waals surface area contributed by atoms with Gasteiger partial charge >= 0.3 is 0 Å². The van der Waals surface area contributed by atoms with Crippen molar-refractivity contribution >= 4 is 23.4 Å². The maximum Gasteiger partial charge on any atom is 0.233 e. The number of hydrogen-bond donors (Lipinski definition) is 1. The Morgan fingerprint density at radius 1 is 1.37 bits per heavy atom. The molecule has 0 aromatic heterocycles. The van der Waals surface area contributed by atoms with Crippen LogP contribution in [-0.2, 0) is 10.2 Å². The Balaban J connectivity index is 1.80. The maximum atomic E-state index is 12.8. The number of thioether (sulfide) groups is 1. The van der Waals surface area contributed by atoms with Gasteiger partial charge in [0.25, 0.3) is 0 Å². The van der Waals surface area contributed by atoms with E-state index in [2.05, 4.69) is 0 Å². The third kappa shape index (κ3) is 2.22. The number of amides is 1. The summed E-state index contributed by atoms with van der Waals surface area (Å²) in [6, 6.07) is 8.24. The smallest absolute Gasteiger partial charge is 0.233 e. The van der Waals surface area contributed by atoms with Crippen LogP contribution >= 0.6 is 11.8 Å². The zero-order chi connectivity index (χ0) is 13.5. The third-order valence-corrected chi connectivity index (χ3v) is 5.54. The molecule has 0 bridgehead atoms. The van der Waals surface area contributed by atoms with Crippen LogP contribution in [0.25, 0.3) is 0 Å². The Kier molecular flexibility index (Phi) is 3.21. The van der Waals surface area contributed by atoms with Crippen LogP contribution in [0.15, 0.2) is 24.3 Å². The number of rotatable bonds is 3. The molecule has 102 valence electrons. The average Bonchev–Trinajstić information content (AvgIpc) is 3.05. The van der Waals surface area contributed by atoms with Gasteiger partial charge in [0.15, 0.2) is 0 Å². The summed E-state index contributed by atoms with van der Waals surface area (Å²) in [6.07, 6.45) is 3.07. The topological polar surface area (TPSA) is 46.3 Å². The van der Waals surface area contributed by atoms with E-state index < -0.39 is 0 Å². The lowest BCUT2D eigenvalue weighted by molar-refractivity contribution is -0.134. The van der Waals surface area contributed by atoms with Crippen LogP contribution in [0.3, 0.4) is 0 Å². The van der Waals surface area contributed by atoms with E-state index in [1.165, 1.54) is 5.75 Å². The Morgan fingerprint density at radius 3 is 2.58 bits per heavy atom. The first-order valence-corrected chi connectivity index (χ1v) is 8.00. The van der Waals surface area contributed by atoms with Gasteiger partial charge < -0.3 is 10.6 Å². The highest BCUT2D eigenvalue weighted by atomic mass is 32.2. The molecular formula is C15H20N2OS. The Hall–Kier alpha value is -1.16. The zero-order valence-electron chi connectivity index (χ0n) is 11.3. The summed E-state index contributed by atoms with van der Waals surface area (Å²) < 4.78 is 0. The highest BCUT2D eigenvalue weighted by molar-refractivity contribution is 7.99. The van der Waals surface area contributed by atoms with Gasteiger partial charge in [-0.25, -0.2) is 0 Å². The number of anilines is 1. The molecule has 1 unspecified atom stereocenters. The lowest BCUT2D eigenvalue weighted by atomic mass is 9.93. The summed E-state index contributed by atoms with van der Waals surface area (Å²) in [4.78, 5) is 14.8. The Labute approximate surface area is 118 Å². The van der Waals surface area contributed by atoms with Gasteiger partial charge in [-0.15, -0.1) is 0 Å². The second kappa shape index (κ2) is 4.75. The van der Waals surface area contributed by atoms with Gasteiger partial charge in [0, 0.05) is 24.5 Å². The number of hydrogen-bond acceptors (Lipinski definition) is 3. The van der Waals surface area contributed by atoms with Crippen molar-refractivity contribution in [2.45, 2.75) is 30.7 Å². The molecule has 1 saturated heterocycles. The minimum absolute atomic E-state index is 0.254. The minimum atomic E-state index is -0.254. The van der Waals surface area contributed by atoms with E-state index in [4.69, 9.17) is 5.73 Å². The molecular weight excluding hydrogens is 256 g/mol. The summed E-state index contributed by atoms with van der Waals surface area (Å²) in [7, 11) is 1.97. The molecule has 4 heteroatoms. The predicted molar refractivity (Wildman–Crippen MR) is 80.3 cm³/mol. The summed E-state index contributed by atoms with van der Waals surface area (Å²) in [5.41, 5.74) is 7.36. The van der Waals surface area contributed by atoms with Gasteiger partial charge in [0.1, 0.15) is 0 Å². The van der Waals surface area contributed by atoms with E-state index >= 15 is 0 Å². The number of carbonyl (C=O) groups is 1. The van der Waals surface area contributed by atoms with Gasteiger partial charge in [0.2, 0.25) is 5.91 Å². The molecule has 1 aromatic rings. The fourth-order valence-electron chi connectivity index (χ4n) is 2.88. The zero-order valence-corrected chi connectivity index (χ0v) is 12.1. The van der Waals surface area contributed by atoms with Crippen LogP contribution in [0.1, 0.15) is 24.8 Å². The molecule has 2 N–H and O–H groups in total. The molecule has 2 fully saturated rings. The number of nitrogens with two attached hydrogens (primary N) is 1. The number of nitrogen functional groups attached to an aromatic ring is 1. The van der Waals surface area contributed by atoms with Gasteiger partial charge in [-0.3, -0.25) is 4.79 Å². The van der Waals surface area contributed by atoms with Crippen LogP contribution in [0, 0.1) is 0 Å². The fourth-order valence-corrected chi connectivity index (χ4v) is 4.15. The molecule has 0 spiro atoms. The summed E-state index contributed by atoms with van der Waals surface area (Å²) in [5, 5.41) is 0.